The molecule has 2 aromatic rings. The SMILES string of the molecule is N=C(N)CCOc1ccc2ccccc2c1. The summed E-state index contributed by atoms with van der Waals surface area (Å²) in [6.07, 6.45) is 0.465. The van der Waals surface area contributed by atoms with Gasteiger partial charge in [0.2, 0.25) is 0 Å². The average Bonchev–Trinajstić information content (AvgIpc) is 2.28. The van der Waals surface area contributed by atoms with Crippen LogP contribution in [0.5, 0.6) is 5.75 Å². The fraction of sp³-hybridized carbons (Fsp3) is 0.154. The van der Waals surface area contributed by atoms with Crippen LogP contribution in [-0.4, -0.2) is 12.4 Å². The highest BCUT2D eigenvalue weighted by Crippen LogP contribution is 2.20. The molecule has 0 aliphatic rings. The van der Waals surface area contributed by atoms with Crippen molar-refractivity contribution in [2.75, 3.05) is 6.61 Å². The van der Waals surface area contributed by atoms with Crippen LogP contribution in [0.2, 0.25) is 0 Å². The van der Waals surface area contributed by atoms with Crippen molar-refractivity contribution >= 4 is 16.6 Å². The molecule has 3 nitrogen and oxygen atoms in total. The van der Waals surface area contributed by atoms with E-state index in [0.29, 0.717) is 13.0 Å². The van der Waals surface area contributed by atoms with E-state index in [-0.39, 0.29) is 5.84 Å². The molecule has 0 saturated carbocycles. The lowest BCUT2D eigenvalue weighted by atomic mass is 10.1. The van der Waals surface area contributed by atoms with Crippen molar-refractivity contribution in [2.24, 2.45) is 5.73 Å². The molecule has 0 unspecified atom stereocenters. The molecule has 0 bridgehead atoms. The van der Waals surface area contributed by atoms with E-state index < -0.39 is 0 Å². The zero-order chi connectivity index (χ0) is 11.4. The topological polar surface area (TPSA) is 59.1 Å². The molecule has 3 heteroatoms. The number of rotatable bonds is 4. The molecule has 0 spiro atoms. The summed E-state index contributed by atoms with van der Waals surface area (Å²) in [6, 6.07) is 14.1. The highest BCUT2D eigenvalue weighted by Gasteiger charge is 1.97. The second-order valence-corrected chi connectivity index (χ2v) is 3.63. The Morgan fingerprint density at radius 1 is 1.12 bits per heavy atom. The summed E-state index contributed by atoms with van der Waals surface area (Å²) in [7, 11) is 0. The molecule has 2 aromatic carbocycles. The van der Waals surface area contributed by atoms with Crippen molar-refractivity contribution in [1.82, 2.24) is 0 Å². The predicted molar refractivity (Wildman–Crippen MR) is 66.0 cm³/mol. The largest absolute Gasteiger partial charge is 0.493 e. The molecule has 0 aliphatic heterocycles. The number of amidine groups is 1. The first-order valence-electron chi connectivity index (χ1n) is 5.20. The lowest BCUT2D eigenvalue weighted by Crippen LogP contribution is -2.13. The summed E-state index contributed by atoms with van der Waals surface area (Å²) in [4.78, 5) is 0. The Kier molecular flexibility index (Phi) is 3.05. The van der Waals surface area contributed by atoms with Gasteiger partial charge in [-0.15, -0.1) is 0 Å². The van der Waals surface area contributed by atoms with Crippen LogP contribution in [-0.2, 0) is 0 Å². The molecular weight excluding hydrogens is 200 g/mol. The minimum atomic E-state index is 0.154. The second-order valence-electron chi connectivity index (χ2n) is 3.63. The first-order chi connectivity index (χ1) is 7.75. The first kappa shape index (κ1) is 10.5. The number of hydrogen-bond acceptors (Lipinski definition) is 2. The van der Waals surface area contributed by atoms with Gasteiger partial charge in [0.25, 0.3) is 0 Å². The lowest BCUT2D eigenvalue weighted by molar-refractivity contribution is 0.329. The van der Waals surface area contributed by atoms with Crippen molar-refractivity contribution in [2.45, 2.75) is 6.42 Å². The molecule has 0 saturated heterocycles. The third-order valence-corrected chi connectivity index (χ3v) is 2.36. The molecule has 0 atom stereocenters. The van der Waals surface area contributed by atoms with Crippen molar-refractivity contribution < 1.29 is 4.74 Å². The zero-order valence-corrected chi connectivity index (χ0v) is 8.94. The first-order valence-corrected chi connectivity index (χ1v) is 5.20. The minimum absolute atomic E-state index is 0.154. The normalized spacial score (nSPS) is 10.2. The lowest BCUT2D eigenvalue weighted by Gasteiger charge is -2.06. The number of benzene rings is 2. The molecule has 82 valence electrons. The fourth-order valence-electron chi connectivity index (χ4n) is 1.54. The Balaban J connectivity index is 2.10. The van der Waals surface area contributed by atoms with Crippen LogP contribution < -0.4 is 10.5 Å². The van der Waals surface area contributed by atoms with E-state index in [9.17, 15) is 0 Å². The van der Waals surface area contributed by atoms with Crippen molar-refractivity contribution in [3.8, 4) is 5.75 Å². The van der Waals surface area contributed by atoms with Crippen LogP contribution >= 0.6 is 0 Å². The molecule has 0 aliphatic carbocycles. The maximum Gasteiger partial charge on any atom is 0.119 e. The summed E-state index contributed by atoms with van der Waals surface area (Å²) >= 11 is 0. The smallest absolute Gasteiger partial charge is 0.119 e. The summed E-state index contributed by atoms with van der Waals surface area (Å²) < 4.78 is 5.50. The molecule has 0 amide bonds. The third kappa shape index (κ3) is 2.51. The summed E-state index contributed by atoms with van der Waals surface area (Å²) in [5.41, 5.74) is 5.25. The van der Waals surface area contributed by atoms with E-state index in [1.54, 1.807) is 0 Å². The zero-order valence-electron chi connectivity index (χ0n) is 8.94. The summed E-state index contributed by atoms with van der Waals surface area (Å²) in [5, 5.41) is 9.44. The second kappa shape index (κ2) is 4.66. The fourth-order valence-corrected chi connectivity index (χ4v) is 1.54. The third-order valence-electron chi connectivity index (χ3n) is 2.36. The van der Waals surface area contributed by atoms with E-state index in [0.717, 1.165) is 11.1 Å². The van der Waals surface area contributed by atoms with Gasteiger partial charge in [0.05, 0.1) is 12.4 Å². The van der Waals surface area contributed by atoms with Gasteiger partial charge in [-0.05, 0) is 22.9 Å². The Morgan fingerprint density at radius 2 is 1.88 bits per heavy atom. The molecule has 16 heavy (non-hydrogen) atoms. The van der Waals surface area contributed by atoms with Crippen LogP contribution in [0.3, 0.4) is 0 Å². The molecule has 3 N–H and O–H groups in total. The van der Waals surface area contributed by atoms with Gasteiger partial charge in [-0.25, -0.2) is 0 Å². The van der Waals surface area contributed by atoms with E-state index in [1.165, 1.54) is 5.39 Å². The number of fused-ring (bicyclic) bond motifs is 1. The molecule has 0 aromatic heterocycles. The number of nitrogens with one attached hydrogen (secondary N) is 1. The maximum absolute atomic E-state index is 7.09. The van der Waals surface area contributed by atoms with Crippen LogP contribution in [0, 0.1) is 5.41 Å². The summed E-state index contributed by atoms with van der Waals surface area (Å²) in [5.74, 6) is 0.973. The van der Waals surface area contributed by atoms with E-state index in [4.69, 9.17) is 15.9 Å². The Morgan fingerprint density at radius 3 is 2.62 bits per heavy atom. The number of hydrogen-bond donors (Lipinski definition) is 2. The van der Waals surface area contributed by atoms with Crippen LogP contribution in [0.1, 0.15) is 6.42 Å². The Hall–Kier alpha value is -2.03. The van der Waals surface area contributed by atoms with Gasteiger partial charge < -0.3 is 10.5 Å². The van der Waals surface area contributed by atoms with Gasteiger partial charge in [0.1, 0.15) is 5.75 Å². The quantitative estimate of drug-likeness (QED) is 0.607. The highest BCUT2D eigenvalue weighted by molar-refractivity contribution is 5.83. The van der Waals surface area contributed by atoms with Gasteiger partial charge >= 0.3 is 0 Å². The van der Waals surface area contributed by atoms with Crippen molar-refractivity contribution in [1.29, 1.82) is 5.41 Å². The van der Waals surface area contributed by atoms with Crippen LogP contribution in [0.4, 0.5) is 0 Å². The van der Waals surface area contributed by atoms with E-state index in [1.807, 2.05) is 36.4 Å². The monoisotopic (exact) mass is 214 g/mol. The van der Waals surface area contributed by atoms with Crippen molar-refractivity contribution in [3.63, 3.8) is 0 Å². The maximum atomic E-state index is 7.09. The van der Waals surface area contributed by atoms with Gasteiger partial charge in [-0.1, -0.05) is 30.3 Å². The molecule has 0 heterocycles. The number of nitrogens with two attached hydrogens (primary N) is 1. The number of ether oxygens (including phenoxy) is 1. The minimum Gasteiger partial charge on any atom is -0.493 e. The van der Waals surface area contributed by atoms with Gasteiger partial charge in [0, 0.05) is 6.42 Å². The van der Waals surface area contributed by atoms with Gasteiger partial charge in [-0.3, -0.25) is 5.41 Å². The molecule has 0 fully saturated rings. The van der Waals surface area contributed by atoms with E-state index in [2.05, 4.69) is 6.07 Å². The van der Waals surface area contributed by atoms with Crippen molar-refractivity contribution in [3.05, 3.63) is 42.5 Å². The molecule has 0 radical (unpaired) electrons. The highest BCUT2D eigenvalue weighted by atomic mass is 16.5. The van der Waals surface area contributed by atoms with Crippen LogP contribution in [0.15, 0.2) is 42.5 Å². The predicted octanol–water partition coefficient (Wildman–Crippen LogP) is 2.54. The average molecular weight is 214 g/mol. The van der Waals surface area contributed by atoms with E-state index >= 15 is 0 Å². The van der Waals surface area contributed by atoms with Gasteiger partial charge in [0.15, 0.2) is 0 Å². The Bertz CT molecular complexity index is 508. The van der Waals surface area contributed by atoms with Crippen LogP contribution in [0.25, 0.3) is 10.8 Å². The molecule has 2 rings (SSSR count). The standard InChI is InChI=1S/C13H14N2O/c14-13(15)7-8-16-12-6-5-10-3-1-2-4-11(10)9-12/h1-6,9H,7-8H2,(H3,14,15). The summed E-state index contributed by atoms with van der Waals surface area (Å²) in [6.45, 7) is 0.452. The molecular formula is C13H14N2O. The van der Waals surface area contributed by atoms with Gasteiger partial charge in [-0.2, -0.15) is 0 Å². The Labute approximate surface area is 94.3 Å².